The lowest BCUT2D eigenvalue weighted by Gasteiger charge is -2.21. The molecule has 0 amide bonds. The van der Waals surface area contributed by atoms with Gasteiger partial charge in [0.15, 0.2) is 5.96 Å². The van der Waals surface area contributed by atoms with Crippen molar-refractivity contribution in [1.29, 1.82) is 5.41 Å². The molecule has 1 aliphatic heterocycles. The van der Waals surface area contributed by atoms with Gasteiger partial charge in [0.2, 0.25) is 0 Å². The van der Waals surface area contributed by atoms with Gasteiger partial charge in [0.05, 0.1) is 6.67 Å². The minimum atomic E-state index is 0.0819. The first-order chi connectivity index (χ1) is 4.30. The van der Waals surface area contributed by atoms with Crippen LogP contribution in [-0.4, -0.2) is 24.1 Å². The van der Waals surface area contributed by atoms with Crippen molar-refractivity contribution >= 4 is 5.96 Å². The summed E-state index contributed by atoms with van der Waals surface area (Å²) in [6.07, 6.45) is 3.73. The number of nitrogens with two attached hydrogens (primary N) is 1. The molecule has 4 N–H and O–H groups in total. The van der Waals surface area contributed by atoms with Gasteiger partial charge in [-0.3, -0.25) is 10.7 Å². The highest BCUT2D eigenvalue weighted by Gasteiger charge is 2.02. The number of guanidine groups is 1. The lowest BCUT2D eigenvalue weighted by Crippen LogP contribution is -2.41. The van der Waals surface area contributed by atoms with E-state index >= 15 is 0 Å². The lowest BCUT2D eigenvalue weighted by atomic mass is 10.5. The molecule has 0 atom stereocenters. The molecular weight excluding hydrogens is 116 g/mol. The zero-order valence-corrected chi connectivity index (χ0v) is 5.09. The van der Waals surface area contributed by atoms with Crippen molar-refractivity contribution in [2.45, 2.75) is 0 Å². The van der Waals surface area contributed by atoms with E-state index in [1.807, 2.05) is 6.08 Å². The van der Waals surface area contributed by atoms with E-state index in [2.05, 4.69) is 5.32 Å². The van der Waals surface area contributed by atoms with Gasteiger partial charge in [-0.05, 0) is 0 Å². The molecule has 1 aliphatic rings. The molecule has 4 heteroatoms. The number of nitrogens with one attached hydrogen (secondary N) is 2. The van der Waals surface area contributed by atoms with Gasteiger partial charge in [-0.1, -0.05) is 6.08 Å². The summed E-state index contributed by atoms with van der Waals surface area (Å²) in [5.74, 6) is 0.0819. The average molecular weight is 126 g/mol. The molecule has 9 heavy (non-hydrogen) atoms. The summed E-state index contributed by atoms with van der Waals surface area (Å²) in [5, 5.41) is 10.0. The minimum Gasteiger partial charge on any atom is -0.370 e. The Balaban J connectivity index is 2.50. The van der Waals surface area contributed by atoms with Crippen molar-refractivity contribution in [2.75, 3.05) is 13.2 Å². The summed E-state index contributed by atoms with van der Waals surface area (Å²) in [6.45, 7) is 1.51. The van der Waals surface area contributed by atoms with Crippen molar-refractivity contribution in [1.82, 2.24) is 10.2 Å². The third-order valence-electron chi connectivity index (χ3n) is 1.14. The standard InChI is InChI=1S/C5H10N4/c6-5(7)9-3-1-2-8-4-9/h1,3,8H,2,4H2,(H3,6,7). The predicted molar refractivity (Wildman–Crippen MR) is 35.8 cm³/mol. The van der Waals surface area contributed by atoms with E-state index in [1.54, 1.807) is 11.1 Å². The van der Waals surface area contributed by atoms with E-state index in [-0.39, 0.29) is 5.96 Å². The molecule has 0 aromatic heterocycles. The van der Waals surface area contributed by atoms with Crippen LogP contribution in [0.5, 0.6) is 0 Å². The second kappa shape index (κ2) is 2.50. The first-order valence-corrected chi connectivity index (χ1v) is 2.79. The molecule has 0 aromatic rings. The van der Waals surface area contributed by atoms with Crippen LogP contribution in [0.2, 0.25) is 0 Å². The molecular formula is C5H10N4. The van der Waals surface area contributed by atoms with Crippen LogP contribution in [0.25, 0.3) is 0 Å². The Bertz CT molecular complexity index is 140. The van der Waals surface area contributed by atoms with Crippen LogP contribution < -0.4 is 11.1 Å². The highest BCUT2D eigenvalue weighted by atomic mass is 15.3. The first kappa shape index (κ1) is 6.10. The Morgan fingerprint density at radius 2 is 2.56 bits per heavy atom. The third-order valence-corrected chi connectivity index (χ3v) is 1.14. The van der Waals surface area contributed by atoms with Crippen LogP contribution in [-0.2, 0) is 0 Å². The van der Waals surface area contributed by atoms with Crippen LogP contribution in [0, 0.1) is 5.41 Å². The van der Waals surface area contributed by atoms with Crippen LogP contribution in [0.3, 0.4) is 0 Å². The van der Waals surface area contributed by atoms with Gasteiger partial charge >= 0.3 is 0 Å². The average Bonchev–Trinajstić information content (AvgIpc) is 1.90. The summed E-state index contributed by atoms with van der Waals surface area (Å²) in [7, 11) is 0. The Morgan fingerprint density at radius 3 is 2.89 bits per heavy atom. The molecule has 1 rings (SSSR count). The maximum absolute atomic E-state index is 7.00. The van der Waals surface area contributed by atoms with Crippen LogP contribution >= 0.6 is 0 Å². The SMILES string of the molecule is N=C(N)N1C=CCNC1. The number of hydrogen-bond donors (Lipinski definition) is 3. The number of nitrogens with zero attached hydrogens (tertiary/aromatic N) is 1. The molecule has 0 fully saturated rings. The first-order valence-electron chi connectivity index (χ1n) is 2.79. The second-order valence-corrected chi connectivity index (χ2v) is 1.85. The van der Waals surface area contributed by atoms with Crippen molar-refractivity contribution < 1.29 is 0 Å². The fraction of sp³-hybridized carbons (Fsp3) is 0.400. The van der Waals surface area contributed by atoms with E-state index in [4.69, 9.17) is 11.1 Å². The number of hydrogen-bond acceptors (Lipinski definition) is 2. The van der Waals surface area contributed by atoms with Gasteiger partial charge in [0, 0.05) is 12.7 Å². The fourth-order valence-electron chi connectivity index (χ4n) is 0.666. The summed E-state index contributed by atoms with van der Waals surface area (Å²) < 4.78 is 0. The molecule has 0 unspecified atom stereocenters. The summed E-state index contributed by atoms with van der Waals surface area (Å²) in [5.41, 5.74) is 5.19. The van der Waals surface area contributed by atoms with Crippen LogP contribution in [0.1, 0.15) is 0 Å². The van der Waals surface area contributed by atoms with Crippen LogP contribution in [0.4, 0.5) is 0 Å². The summed E-state index contributed by atoms with van der Waals surface area (Å²) >= 11 is 0. The largest absolute Gasteiger partial charge is 0.370 e. The van der Waals surface area contributed by atoms with E-state index in [9.17, 15) is 0 Å². The number of rotatable bonds is 0. The Labute approximate surface area is 53.8 Å². The van der Waals surface area contributed by atoms with Gasteiger partial charge in [0.25, 0.3) is 0 Å². The van der Waals surface area contributed by atoms with Crippen molar-refractivity contribution in [3.8, 4) is 0 Å². The summed E-state index contributed by atoms with van der Waals surface area (Å²) in [6, 6.07) is 0. The molecule has 1 heterocycles. The molecule has 50 valence electrons. The molecule has 0 aromatic carbocycles. The topological polar surface area (TPSA) is 65.1 Å². The van der Waals surface area contributed by atoms with E-state index < -0.39 is 0 Å². The molecule has 0 saturated carbocycles. The molecule has 0 radical (unpaired) electrons. The quantitative estimate of drug-likeness (QED) is 0.296. The third kappa shape index (κ3) is 1.43. The monoisotopic (exact) mass is 126 g/mol. The Kier molecular flexibility index (Phi) is 1.69. The predicted octanol–water partition coefficient (Wildman–Crippen LogP) is -0.744. The lowest BCUT2D eigenvalue weighted by molar-refractivity contribution is 0.469. The summed E-state index contributed by atoms with van der Waals surface area (Å²) in [4.78, 5) is 1.63. The van der Waals surface area contributed by atoms with Gasteiger partial charge < -0.3 is 10.6 Å². The molecule has 0 bridgehead atoms. The molecule has 4 nitrogen and oxygen atoms in total. The Hall–Kier alpha value is -1.03. The normalized spacial score (nSPS) is 18.0. The zero-order valence-electron chi connectivity index (χ0n) is 5.09. The second-order valence-electron chi connectivity index (χ2n) is 1.85. The van der Waals surface area contributed by atoms with Crippen LogP contribution in [0.15, 0.2) is 12.3 Å². The van der Waals surface area contributed by atoms with Gasteiger partial charge in [-0.2, -0.15) is 0 Å². The van der Waals surface area contributed by atoms with Crippen molar-refractivity contribution in [3.63, 3.8) is 0 Å². The maximum Gasteiger partial charge on any atom is 0.193 e. The van der Waals surface area contributed by atoms with Gasteiger partial charge in [-0.25, -0.2) is 0 Å². The van der Waals surface area contributed by atoms with E-state index in [1.165, 1.54) is 0 Å². The smallest absolute Gasteiger partial charge is 0.193 e. The molecule has 0 spiro atoms. The molecule has 0 aliphatic carbocycles. The van der Waals surface area contributed by atoms with E-state index in [0.717, 1.165) is 6.54 Å². The Morgan fingerprint density at radius 1 is 1.78 bits per heavy atom. The fourth-order valence-corrected chi connectivity index (χ4v) is 0.666. The van der Waals surface area contributed by atoms with Crippen molar-refractivity contribution in [3.05, 3.63) is 12.3 Å². The zero-order chi connectivity index (χ0) is 6.69. The highest BCUT2D eigenvalue weighted by molar-refractivity contribution is 5.75. The highest BCUT2D eigenvalue weighted by Crippen LogP contribution is 1.89. The molecule has 0 saturated heterocycles. The van der Waals surface area contributed by atoms with Gasteiger partial charge in [0.1, 0.15) is 0 Å². The van der Waals surface area contributed by atoms with Gasteiger partial charge in [-0.15, -0.1) is 0 Å². The van der Waals surface area contributed by atoms with Crippen molar-refractivity contribution in [2.24, 2.45) is 5.73 Å². The minimum absolute atomic E-state index is 0.0819. The van der Waals surface area contributed by atoms with E-state index in [0.29, 0.717) is 6.67 Å². The maximum atomic E-state index is 7.00.